The Balaban J connectivity index is 1.20. The minimum absolute atomic E-state index is 0.487. The fourth-order valence-electron chi connectivity index (χ4n) is 6.39. The molecule has 3 nitrogen and oxygen atoms in total. The summed E-state index contributed by atoms with van der Waals surface area (Å²) in [5.41, 5.74) is 15.6. The zero-order valence-electron chi connectivity index (χ0n) is 20.6. The average Bonchev–Trinajstić information content (AvgIpc) is 2.83. The van der Waals surface area contributed by atoms with Crippen molar-refractivity contribution in [3.8, 4) is 5.75 Å². The maximum Gasteiger partial charge on any atom is 0.119 e. The van der Waals surface area contributed by atoms with E-state index in [2.05, 4.69) is 31.2 Å². The van der Waals surface area contributed by atoms with Crippen LogP contribution < -0.4 is 16.2 Å². The molecular formula is C30H44N2O. The summed E-state index contributed by atoms with van der Waals surface area (Å²) in [6.07, 6.45) is 17.3. The molecule has 2 fully saturated rings. The predicted octanol–water partition coefficient (Wildman–Crippen LogP) is 8.09. The summed E-state index contributed by atoms with van der Waals surface area (Å²) in [5.74, 6) is 4.64. The van der Waals surface area contributed by atoms with Crippen molar-refractivity contribution < 1.29 is 4.74 Å². The Hall–Kier alpha value is -2.16. The highest BCUT2D eigenvalue weighted by Gasteiger charge is 2.31. The van der Waals surface area contributed by atoms with Crippen molar-refractivity contribution in [3.05, 3.63) is 53.6 Å². The van der Waals surface area contributed by atoms with Crippen LogP contribution in [0.2, 0.25) is 0 Å². The van der Waals surface area contributed by atoms with Gasteiger partial charge in [-0.15, -0.1) is 0 Å². The number of nitrogens with two attached hydrogens (primary N) is 2. The summed E-state index contributed by atoms with van der Waals surface area (Å²) >= 11 is 0. The van der Waals surface area contributed by atoms with Crippen LogP contribution in [0.3, 0.4) is 0 Å². The molecule has 2 saturated carbocycles. The summed E-state index contributed by atoms with van der Waals surface area (Å²) in [4.78, 5) is 0. The molecule has 0 amide bonds. The first-order valence-electron chi connectivity index (χ1n) is 13.5. The third-order valence-corrected chi connectivity index (χ3v) is 8.34. The van der Waals surface area contributed by atoms with Crippen LogP contribution in [0.25, 0.3) is 0 Å². The lowest BCUT2D eigenvalue weighted by molar-refractivity contribution is 0.155. The molecule has 2 aromatic carbocycles. The third-order valence-electron chi connectivity index (χ3n) is 8.34. The van der Waals surface area contributed by atoms with Gasteiger partial charge in [0.05, 0.1) is 0 Å². The number of ether oxygens (including phenoxy) is 1. The summed E-state index contributed by atoms with van der Waals surface area (Å²) in [7, 11) is 0. The van der Waals surface area contributed by atoms with Gasteiger partial charge in [-0.3, -0.25) is 0 Å². The number of benzene rings is 2. The van der Waals surface area contributed by atoms with Gasteiger partial charge in [-0.05, 0) is 104 Å². The van der Waals surface area contributed by atoms with Gasteiger partial charge in [-0.25, -0.2) is 0 Å². The number of hydrogen-bond acceptors (Lipinski definition) is 3. The van der Waals surface area contributed by atoms with E-state index in [9.17, 15) is 0 Å². The maximum atomic E-state index is 5.97. The molecular weight excluding hydrogens is 404 g/mol. The summed E-state index contributed by atoms with van der Waals surface area (Å²) < 4.78 is 5.97. The Kier molecular flexibility index (Phi) is 8.58. The molecule has 2 aromatic rings. The Morgan fingerprint density at radius 1 is 0.758 bits per heavy atom. The van der Waals surface area contributed by atoms with E-state index in [1.165, 1.54) is 82.6 Å². The lowest BCUT2D eigenvalue weighted by Crippen LogP contribution is -2.25. The molecule has 0 unspecified atom stereocenters. The Bertz CT molecular complexity index is 826. The zero-order chi connectivity index (χ0) is 23.0. The average molecular weight is 449 g/mol. The van der Waals surface area contributed by atoms with Crippen LogP contribution in [0.15, 0.2) is 42.5 Å². The standard InChI is InChI=1S/C30H44N2O/c1-2-3-4-5-22-6-8-24(9-7-22)25-10-12-26(13-11-25)27-14-16-30(17-15-27)33-21-23-18-28(31)20-29(32)19-23/h14-20,22,24-26H,2-13,21,31-32H2,1H3. The Morgan fingerprint density at radius 2 is 1.36 bits per heavy atom. The van der Waals surface area contributed by atoms with E-state index in [1.54, 1.807) is 6.07 Å². The van der Waals surface area contributed by atoms with Crippen molar-refractivity contribution >= 4 is 11.4 Å². The lowest BCUT2D eigenvalue weighted by atomic mass is 9.68. The molecule has 0 aromatic heterocycles. The van der Waals surface area contributed by atoms with E-state index in [0.29, 0.717) is 18.0 Å². The van der Waals surface area contributed by atoms with Crippen LogP contribution in [-0.4, -0.2) is 0 Å². The van der Waals surface area contributed by atoms with Gasteiger partial charge in [0.25, 0.3) is 0 Å². The van der Waals surface area contributed by atoms with Gasteiger partial charge in [-0.2, -0.15) is 0 Å². The SMILES string of the molecule is CCCCCC1CCC(C2CCC(c3ccc(OCc4cc(N)cc(N)c4)cc3)CC2)CC1. The lowest BCUT2D eigenvalue weighted by Gasteiger charge is -2.38. The smallest absolute Gasteiger partial charge is 0.119 e. The molecule has 4 rings (SSSR count). The van der Waals surface area contributed by atoms with E-state index < -0.39 is 0 Å². The topological polar surface area (TPSA) is 61.3 Å². The highest BCUT2D eigenvalue weighted by Crippen LogP contribution is 2.44. The van der Waals surface area contributed by atoms with E-state index in [-0.39, 0.29) is 0 Å². The van der Waals surface area contributed by atoms with Crippen molar-refractivity contribution in [2.24, 2.45) is 17.8 Å². The van der Waals surface area contributed by atoms with Gasteiger partial charge in [0.2, 0.25) is 0 Å². The number of unbranched alkanes of at least 4 members (excludes halogenated alkanes) is 2. The normalized spacial score (nSPS) is 25.6. The van der Waals surface area contributed by atoms with Crippen molar-refractivity contribution in [2.75, 3.05) is 11.5 Å². The predicted molar refractivity (Wildman–Crippen MR) is 140 cm³/mol. The third kappa shape index (κ3) is 6.91. The quantitative estimate of drug-likeness (QED) is 0.301. The van der Waals surface area contributed by atoms with E-state index in [0.717, 1.165) is 35.0 Å². The van der Waals surface area contributed by atoms with Gasteiger partial charge >= 0.3 is 0 Å². The van der Waals surface area contributed by atoms with Crippen molar-refractivity contribution in [1.82, 2.24) is 0 Å². The van der Waals surface area contributed by atoms with Crippen molar-refractivity contribution in [1.29, 1.82) is 0 Å². The maximum absolute atomic E-state index is 5.97. The largest absolute Gasteiger partial charge is 0.489 e. The molecule has 0 atom stereocenters. The van der Waals surface area contributed by atoms with Gasteiger partial charge < -0.3 is 16.2 Å². The molecule has 4 N–H and O–H groups in total. The first-order valence-corrected chi connectivity index (χ1v) is 13.5. The van der Waals surface area contributed by atoms with Gasteiger partial charge in [0.1, 0.15) is 12.4 Å². The Labute approximate surface area is 201 Å². The molecule has 180 valence electrons. The molecule has 0 radical (unpaired) electrons. The minimum atomic E-state index is 0.487. The van der Waals surface area contributed by atoms with Crippen molar-refractivity contribution in [2.45, 2.75) is 96.5 Å². The fourth-order valence-corrected chi connectivity index (χ4v) is 6.39. The molecule has 0 spiro atoms. The second-order valence-corrected chi connectivity index (χ2v) is 10.8. The summed E-state index contributed by atoms with van der Waals surface area (Å²) in [6, 6.07) is 14.4. The molecule has 0 saturated heterocycles. The summed E-state index contributed by atoms with van der Waals surface area (Å²) in [5, 5.41) is 0. The second-order valence-electron chi connectivity index (χ2n) is 10.8. The second kappa shape index (κ2) is 11.8. The van der Waals surface area contributed by atoms with E-state index in [4.69, 9.17) is 16.2 Å². The molecule has 2 aliphatic rings. The van der Waals surface area contributed by atoms with Crippen molar-refractivity contribution in [3.63, 3.8) is 0 Å². The number of hydrogen-bond donors (Lipinski definition) is 2. The number of nitrogen functional groups attached to an aromatic ring is 2. The fraction of sp³-hybridized carbons (Fsp3) is 0.600. The van der Waals surface area contributed by atoms with Crippen LogP contribution in [0.4, 0.5) is 11.4 Å². The van der Waals surface area contributed by atoms with Gasteiger partial charge in [-0.1, -0.05) is 57.6 Å². The molecule has 33 heavy (non-hydrogen) atoms. The van der Waals surface area contributed by atoms with Crippen LogP contribution in [0.1, 0.15) is 101 Å². The molecule has 3 heteroatoms. The summed E-state index contributed by atoms with van der Waals surface area (Å²) in [6.45, 7) is 2.80. The molecule has 0 aliphatic heterocycles. The van der Waals surface area contributed by atoms with Crippen LogP contribution in [0.5, 0.6) is 5.75 Å². The van der Waals surface area contributed by atoms with Gasteiger partial charge in [0.15, 0.2) is 0 Å². The highest BCUT2D eigenvalue weighted by atomic mass is 16.5. The molecule has 0 heterocycles. The molecule has 2 aliphatic carbocycles. The zero-order valence-corrected chi connectivity index (χ0v) is 20.6. The minimum Gasteiger partial charge on any atom is -0.489 e. The van der Waals surface area contributed by atoms with Gasteiger partial charge in [0, 0.05) is 11.4 Å². The molecule has 0 bridgehead atoms. The monoisotopic (exact) mass is 448 g/mol. The van der Waals surface area contributed by atoms with E-state index in [1.807, 2.05) is 12.1 Å². The number of anilines is 2. The van der Waals surface area contributed by atoms with Crippen LogP contribution in [-0.2, 0) is 6.61 Å². The highest BCUT2D eigenvalue weighted by molar-refractivity contribution is 5.54. The number of rotatable bonds is 9. The van der Waals surface area contributed by atoms with E-state index >= 15 is 0 Å². The van der Waals surface area contributed by atoms with Crippen LogP contribution in [0, 0.1) is 17.8 Å². The van der Waals surface area contributed by atoms with Crippen LogP contribution >= 0.6 is 0 Å². The first kappa shape index (κ1) is 24.0. The first-order chi connectivity index (χ1) is 16.1. The Morgan fingerprint density at radius 3 is 1.97 bits per heavy atom.